The number of ether oxygens (including phenoxy) is 1. The lowest BCUT2D eigenvalue weighted by molar-refractivity contribution is 0.0690. The van der Waals surface area contributed by atoms with Crippen LogP contribution in [-0.2, 0) is 6.54 Å². The van der Waals surface area contributed by atoms with Gasteiger partial charge in [-0.3, -0.25) is 4.79 Å². The molecule has 3 rings (SSSR count). The summed E-state index contributed by atoms with van der Waals surface area (Å²) in [5, 5.41) is 11.7. The lowest BCUT2D eigenvalue weighted by Gasteiger charge is -2.22. The second-order valence-electron chi connectivity index (χ2n) is 6.28. The zero-order valence-electron chi connectivity index (χ0n) is 14.4. The second kappa shape index (κ2) is 8.42. The summed E-state index contributed by atoms with van der Waals surface area (Å²) in [6, 6.07) is 7.93. The van der Waals surface area contributed by atoms with E-state index in [0.29, 0.717) is 5.88 Å². The molecule has 0 spiro atoms. The maximum absolute atomic E-state index is 12.2. The summed E-state index contributed by atoms with van der Waals surface area (Å²) in [5.41, 5.74) is 0.760. The Kier molecular flexibility index (Phi) is 5.78. The normalized spacial score (nSPS) is 14.6. The Bertz CT molecular complexity index is 788. The van der Waals surface area contributed by atoms with E-state index in [1.165, 1.54) is 37.5 Å². The number of carboxylic acid groups (broad SMARTS) is 1. The number of nitrogens with one attached hydrogen (secondary N) is 1. The van der Waals surface area contributed by atoms with Gasteiger partial charge in [-0.2, -0.15) is 0 Å². The van der Waals surface area contributed by atoms with Crippen molar-refractivity contribution in [1.82, 2.24) is 15.3 Å². The predicted octanol–water partition coefficient (Wildman–Crippen LogP) is 2.82. The number of rotatable bonds is 6. The molecule has 7 nitrogen and oxygen atoms in total. The smallest absolute Gasteiger partial charge is 0.354 e. The van der Waals surface area contributed by atoms with Crippen LogP contribution in [0.2, 0.25) is 0 Å². The Morgan fingerprint density at radius 1 is 1.15 bits per heavy atom. The van der Waals surface area contributed by atoms with Gasteiger partial charge in [0, 0.05) is 18.8 Å². The molecular formula is C19H21N3O4. The minimum absolute atomic E-state index is 0.0673. The predicted molar refractivity (Wildman–Crippen MR) is 94.1 cm³/mol. The van der Waals surface area contributed by atoms with Crippen molar-refractivity contribution in [2.75, 3.05) is 0 Å². The molecule has 1 aliphatic rings. The molecule has 1 amide bonds. The van der Waals surface area contributed by atoms with E-state index >= 15 is 0 Å². The number of carbonyl (C=O) groups excluding carboxylic acids is 1. The fourth-order valence-corrected chi connectivity index (χ4v) is 2.93. The summed E-state index contributed by atoms with van der Waals surface area (Å²) in [7, 11) is 0. The van der Waals surface area contributed by atoms with Crippen molar-refractivity contribution in [3.8, 4) is 5.88 Å². The second-order valence-corrected chi connectivity index (χ2v) is 6.28. The van der Waals surface area contributed by atoms with Crippen LogP contribution in [0.15, 0.2) is 36.5 Å². The summed E-state index contributed by atoms with van der Waals surface area (Å²) < 4.78 is 5.93. The van der Waals surface area contributed by atoms with Crippen LogP contribution in [0.3, 0.4) is 0 Å². The first-order chi connectivity index (χ1) is 12.6. The van der Waals surface area contributed by atoms with Crippen molar-refractivity contribution in [2.24, 2.45) is 0 Å². The van der Waals surface area contributed by atoms with Crippen LogP contribution in [0.5, 0.6) is 5.88 Å². The molecule has 2 heterocycles. The molecule has 0 saturated heterocycles. The van der Waals surface area contributed by atoms with Crippen LogP contribution in [-0.4, -0.2) is 33.1 Å². The van der Waals surface area contributed by atoms with Gasteiger partial charge in [-0.15, -0.1) is 0 Å². The molecule has 136 valence electrons. The van der Waals surface area contributed by atoms with Gasteiger partial charge in [0.25, 0.3) is 5.91 Å². The highest BCUT2D eigenvalue weighted by atomic mass is 16.5. The number of hydrogen-bond acceptors (Lipinski definition) is 5. The highest BCUT2D eigenvalue weighted by Gasteiger charge is 2.16. The molecule has 0 aromatic carbocycles. The van der Waals surface area contributed by atoms with E-state index in [1.807, 2.05) is 6.07 Å². The van der Waals surface area contributed by atoms with E-state index in [0.717, 1.165) is 18.4 Å². The van der Waals surface area contributed by atoms with Crippen LogP contribution < -0.4 is 10.1 Å². The number of nitrogens with zero attached hydrogens (tertiary/aromatic N) is 2. The number of aromatic nitrogens is 2. The van der Waals surface area contributed by atoms with E-state index in [1.54, 1.807) is 12.3 Å². The van der Waals surface area contributed by atoms with Gasteiger partial charge in [0.1, 0.15) is 17.5 Å². The molecule has 1 aliphatic carbocycles. The monoisotopic (exact) mass is 355 g/mol. The molecule has 0 aliphatic heterocycles. The number of amides is 1. The largest absolute Gasteiger partial charge is 0.477 e. The molecule has 26 heavy (non-hydrogen) atoms. The third-order valence-corrected chi connectivity index (χ3v) is 4.29. The van der Waals surface area contributed by atoms with E-state index < -0.39 is 11.9 Å². The molecular weight excluding hydrogens is 334 g/mol. The molecule has 0 atom stereocenters. The maximum atomic E-state index is 12.2. The number of pyridine rings is 2. The SMILES string of the molecule is O=C(O)c1cccc(C(=O)NCc2ccnc(OC3CCCCC3)c2)n1. The topological polar surface area (TPSA) is 101 Å². The van der Waals surface area contributed by atoms with Crippen molar-refractivity contribution in [3.63, 3.8) is 0 Å². The third kappa shape index (κ3) is 4.78. The first-order valence-electron chi connectivity index (χ1n) is 8.72. The number of hydrogen-bond donors (Lipinski definition) is 2. The Labute approximate surface area is 151 Å². The van der Waals surface area contributed by atoms with Crippen LogP contribution in [0, 0.1) is 0 Å². The van der Waals surface area contributed by atoms with Gasteiger partial charge in [-0.05, 0) is 49.4 Å². The molecule has 7 heteroatoms. The summed E-state index contributed by atoms with van der Waals surface area (Å²) in [6.45, 7) is 0.279. The Morgan fingerprint density at radius 2 is 1.92 bits per heavy atom. The zero-order valence-corrected chi connectivity index (χ0v) is 14.4. The fraction of sp³-hybridized carbons (Fsp3) is 0.368. The highest BCUT2D eigenvalue weighted by Crippen LogP contribution is 2.22. The van der Waals surface area contributed by atoms with Crippen LogP contribution in [0.4, 0.5) is 0 Å². The van der Waals surface area contributed by atoms with Crippen molar-refractivity contribution in [1.29, 1.82) is 0 Å². The van der Waals surface area contributed by atoms with Crippen molar-refractivity contribution < 1.29 is 19.4 Å². The zero-order chi connectivity index (χ0) is 18.4. The summed E-state index contributed by atoms with van der Waals surface area (Å²) >= 11 is 0. The first-order valence-corrected chi connectivity index (χ1v) is 8.72. The summed E-state index contributed by atoms with van der Waals surface area (Å²) in [4.78, 5) is 31.2. The Hall–Kier alpha value is -2.96. The quantitative estimate of drug-likeness (QED) is 0.826. The molecule has 0 unspecified atom stereocenters. The molecule has 1 fully saturated rings. The van der Waals surface area contributed by atoms with E-state index in [-0.39, 0.29) is 24.0 Å². The van der Waals surface area contributed by atoms with Crippen LogP contribution in [0.25, 0.3) is 0 Å². The minimum Gasteiger partial charge on any atom is -0.477 e. The van der Waals surface area contributed by atoms with Gasteiger partial charge >= 0.3 is 5.97 Å². The standard InChI is InChI=1S/C19H21N3O4/c23-18(15-7-4-8-16(22-15)19(24)25)21-12-13-9-10-20-17(11-13)26-14-5-2-1-3-6-14/h4,7-11,14H,1-3,5-6,12H2,(H,21,23)(H,24,25). The lowest BCUT2D eigenvalue weighted by Crippen LogP contribution is -2.24. The summed E-state index contributed by atoms with van der Waals surface area (Å²) in [5.74, 6) is -1.03. The Balaban J connectivity index is 1.58. The fourth-order valence-electron chi connectivity index (χ4n) is 2.93. The molecule has 2 N–H and O–H groups in total. The van der Waals surface area contributed by atoms with Gasteiger partial charge in [-0.1, -0.05) is 12.5 Å². The van der Waals surface area contributed by atoms with Gasteiger partial charge in [0.05, 0.1) is 0 Å². The van der Waals surface area contributed by atoms with E-state index in [2.05, 4.69) is 15.3 Å². The van der Waals surface area contributed by atoms with E-state index in [9.17, 15) is 9.59 Å². The average molecular weight is 355 g/mol. The highest BCUT2D eigenvalue weighted by molar-refractivity contribution is 5.94. The van der Waals surface area contributed by atoms with Crippen molar-refractivity contribution >= 4 is 11.9 Å². The third-order valence-electron chi connectivity index (χ3n) is 4.29. The maximum Gasteiger partial charge on any atom is 0.354 e. The average Bonchev–Trinajstić information content (AvgIpc) is 2.67. The van der Waals surface area contributed by atoms with Gasteiger partial charge in [0.2, 0.25) is 5.88 Å². The number of aromatic carboxylic acids is 1. The molecule has 2 aromatic heterocycles. The van der Waals surface area contributed by atoms with Gasteiger partial charge in [0.15, 0.2) is 0 Å². The summed E-state index contributed by atoms with van der Waals surface area (Å²) in [6.07, 6.45) is 7.59. The first kappa shape index (κ1) is 17.8. The lowest BCUT2D eigenvalue weighted by atomic mass is 9.98. The molecule has 0 bridgehead atoms. The van der Waals surface area contributed by atoms with Crippen LogP contribution in [0.1, 0.15) is 58.6 Å². The molecule has 1 saturated carbocycles. The van der Waals surface area contributed by atoms with Crippen molar-refractivity contribution in [2.45, 2.75) is 44.8 Å². The molecule has 2 aromatic rings. The molecule has 0 radical (unpaired) electrons. The van der Waals surface area contributed by atoms with Crippen LogP contribution >= 0.6 is 0 Å². The van der Waals surface area contributed by atoms with E-state index in [4.69, 9.17) is 9.84 Å². The van der Waals surface area contributed by atoms with Gasteiger partial charge < -0.3 is 15.2 Å². The minimum atomic E-state index is -1.17. The number of carbonyl (C=O) groups is 2. The van der Waals surface area contributed by atoms with Gasteiger partial charge in [-0.25, -0.2) is 14.8 Å². The Morgan fingerprint density at radius 3 is 2.69 bits per heavy atom. The van der Waals surface area contributed by atoms with Crippen molar-refractivity contribution in [3.05, 3.63) is 53.5 Å². The number of carboxylic acids is 1.